The Morgan fingerprint density at radius 2 is 2.12 bits per heavy atom. The minimum atomic E-state index is -0.331. The maximum atomic E-state index is 10.9. The summed E-state index contributed by atoms with van der Waals surface area (Å²) in [4.78, 5) is 12.8. The van der Waals surface area contributed by atoms with Gasteiger partial charge in [0.1, 0.15) is 5.75 Å². The summed E-state index contributed by atoms with van der Waals surface area (Å²) in [5, 5.41) is 0. The van der Waals surface area contributed by atoms with E-state index >= 15 is 0 Å². The highest BCUT2D eigenvalue weighted by atomic mass is 16.5. The summed E-state index contributed by atoms with van der Waals surface area (Å²) in [5.41, 5.74) is 12.6. The van der Waals surface area contributed by atoms with Crippen molar-refractivity contribution in [3.05, 3.63) is 23.8 Å². The Bertz CT molecular complexity index is 393. The molecular formula is C12H19N3O2. The normalized spacial score (nSPS) is 10.5. The summed E-state index contributed by atoms with van der Waals surface area (Å²) < 4.78 is 5.14. The van der Waals surface area contributed by atoms with Crippen LogP contribution in [-0.4, -0.2) is 31.0 Å². The van der Waals surface area contributed by atoms with Gasteiger partial charge in [-0.15, -0.1) is 0 Å². The molecule has 1 aromatic carbocycles. The lowest BCUT2D eigenvalue weighted by atomic mass is 10.1. The van der Waals surface area contributed by atoms with Gasteiger partial charge < -0.3 is 16.2 Å². The van der Waals surface area contributed by atoms with Crippen molar-refractivity contribution >= 4 is 11.6 Å². The van der Waals surface area contributed by atoms with E-state index in [0.717, 1.165) is 17.9 Å². The smallest absolute Gasteiger partial charge is 0.231 e. The predicted molar refractivity (Wildman–Crippen MR) is 67.6 cm³/mol. The lowest BCUT2D eigenvalue weighted by molar-refractivity contribution is -0.119. The molecule has 0 aromatic heterocycles. The molecule has 0 aliphatic rings. The van der Waals surface area contributed by atoms with E-state index in [1.807, 2.05) is 24.0 Å². The molecule has 1 aromatic rings. The Hall–Kier alpha value is -1.75. The maximum absolute atomic E-state index is 10.9. The van der Waals surface area contributed by atoms with Crippen LogP contribution >= 0.6 is 0 Å². The average Bonchev–Trinajstić information content (AvgIpc) is 2.26. The summed E-state index contributed by atoms with van der Waals surface area (Å²) in [5.74, 6) is 0.387. The van der Waals surface area contributed by atoms with Gasteiger partial charge in [0.25, 0.3) is 0 Å². The van der Waals surface area contributed by atoms with E-state index in [0.29, 0.717) is 12.2 Å². The Balaban J connectivity index is 2.78. The van der Waals surface area contributed by atoms with Crippen LogP contribution in [0.4, 0.5) is 5.69 Å². The highest BCUT2D eigenvalue weighted by molar-refractivity contribution is 5.75. The van der Waals surface area contributed by atoms with E-state index in [2.05, 4.69) is 0 Å². The molecule has 0 aliphatic heterocycles. The van der Waals surface area contributed by atoms with Crippen LogP contribution < -0.4 is 16.2 Å². The maximum Gasteiger partial charge on any atom is 0.231 e. The fourth-order valence-electron chi connectivity index (χ4n) is 1.65. The van der Waals surface area contributed by atoms with E-state index in [1.54, 1.807) is 13.2 Å². The minimum Gasteiger partial charge on any atom is -0.497 e. The zero-order valence-electron chi connectivity index (χ0n) is 10.3. The van der Waals surface area contributed by atoms with Crippen LogP contribution in [0.3, 0.4) is 0 Å². The second kappa shape index (κ2) is 6.10. The largest absolute Gasteiger partial charge is 0.497 e. The molecule has 0 aliphatic carbocycles. The number of nitrogen functional groups attached to an aromatic ring is 1. The zero-order valence-corrected chi connectivity index (χ0v) is 10.3. The van der Waals surface area contributed by atoms with Gasteiger partial charge in [-0.2, -0.15) is 0 Å². The van der Waals surface area contributed by atoms with Gasteiger partial charge in [0.05, 0.1) is 13.7 Å². The highest BCUT2D eigenvalue weighted by Gasteiger charge is 2.08. The molecule has 94 valence electrons. The third-order valence-corrected chi connectivity index (χ3v) is 2.46. The third kappa shape index (κ3) is 4.32. The van der Waals surface area contributed by atoms with Crippen LogP contribution in [0, 0.1) is 0 Å². The van der Waals surface area contributed by atoms with E-state index < -0.39 is 0 Å². The first-order chi connectivity index (χ1) is 8.05. The van der Waals surface area contributed by atoms with Crippen LogP contribution in [0.15, 0.2) is 18.2 Å². The van der Waals surface area contributed by atoms with E-state index in [9.17, 15) is 4.79 Å². The number of likely N-dealkylation sites (N-methyl/N-ethyl adjacent to an activating group) is 1. The van der Waals surface area contributed by atoms with Crippen molar-refractivity contribution in [1.82, 2.24) is 4.90 Å². The van der Waals surface area contributed by atoms with E-state index in [1.165, 1.54) is 0 Å². The summed E-state index contributed by atoms with van der Waals surface area (Å²) >= 11 is 0. The van der Waals surface area contributed by atoms with Gasteiger partial charge in [-0.25, -0.2) is 0 Å². The van der Waals surface area contributed by atoms with Crippen molar-refractivity contribution in [3.8, 4) is 5.75 Å². The SMILES string of the molecule is CCN(CC(N)=O)Cc1cc(N)cc(OC)c1. The third-order valence-electron chi connectivity index (χ3n) is 2.46. The average molecular weight is 237 g/mol. The quantitative estimate of drug-likeness (QED) is 0.709. The van der Waals surface area contributed by atoms with Gasteiger partial charge >= 0.3 is 0 Å². The molecule has 0 bridgehead atoms. The molecule has 0 spiro atoms. The predicted octanol–water partition coefficient (Wildman–Crippen LogP) is 0.585. The number of ether oxygens (including phenoxy) is 1. The van der Waals surface area contributed by atoms with Crippen molar-refractivity contribution in [2.45, 2.75) is 13.5 Å². The molecule has 0 saturated heterocycles. The second-order valence-electron chi connectivity index (χ2n) is 3.88. The molecule has 0 radical (unpaired) electrons. The number of hydrogen-bond acceptors (Lipinski definition) is 4. The van der Waals surface area contributed by atoms with Crippen LogP contribution in [-0.2, 0) is 11.3 Å². The number of anilines is 1. The fraction of sp³-hybridized carbons (Fsp3) is 0.417. The van der Waals surface area contributed by atoms with Gasteiger partial charge in [-0.3, -0.25) is 9.69 Å². The van der Waals surface area contributed by atoms with Crippen molar-refractivity contribution in [2.24, 2.45) is 5.73 Å². The topological polar surface area (TPSA) is 81.6 Å². The summed E-state index contributed by atoms with van der Waals surface area (Å²) in [7, 11) is 1.60. The van der Waals surface area contributed by atoms with Gasteiger partial charge in [-0.1, -0.05) is 6.92 Å². The Labute approximate surface area is 101 Å². The Morgan fingerprint density at radius 1 is 1.41 bits per heavy atom. The van der Waals surface area contributed by atoms with Gasteiger partial charge in [0.15, 0.2) is 0 Å². The molecule has 17 heavy (non-hydrogen) atoms. The zero-order chi connectivity index (χ0) is 12.8. The Kier molecular flexibility index (Phi) is 4.78. The van der Waals surface area contributed by atoms with Crippen molar-refractivity contribution < 1.29 is 9.53 Å². The first kappa shape index (κ1) is 13.3. The molecule has 0 fully saturated rings. The fourth-order valence-corrected chi connectivity index (χ4v) is 1.65. The number of carbonyl (C=O) groups excluding carboxylic acids is 1. The van der Waals surface area contributed by atoms with Crippen LogP contribution in [0.5, 0.6) is 5.75 Å². The molecule has 5 nitrogen and oxygen atoms in total. The van der Waals surface area contributed by atoms with Crippen molar-refractivity contribution in [1.29, 1.82) is 0 Å². The molecular weight excluding hydrogens is 218 g/mol. The number of hydrogen-bond donors (Lipinski definition) is 2. The number of amides is 1. The summed E-state index contributed by atoms with van der Waals surface area (Å²) in [6, 6.07) is 5.53. The lowest BCUT2D eigenvalue weighted by Crippen LogP contribution is -2.33. The molecule has 1 rings (SSSR count). The van der Waals surface area contributed by atoms with Crippen molar-refractivity contribution in [2.75, 3.05) is 25.9 Å². The number of nitrogens with two attached hydrogens (primary N) is 2. The molecule has 1 amide bonds. The van der Waals surface area contributed by atoms with E-state index in [4.69, 9.17) is 16.2 Å². The first-order valence-corrected chi connectivity index (χ1v) is 5.49. The number of methoxy groups -OCH3 is 1. The van der Waals surface area contributed by atoms with Crippen LogP contribution in [0.25, 0.3) is 0 Å². The highest BCUT2D eigenvalue weighted by Crippen LogP contribution is 2.19. The van der Waals surface area contributed by atoms with Gasteiger partial charge in [0, 0.05) is 18.3 Å². The van der Waals surface area contributed by atoms with E-state index in [-0.39, 0.29) is 12.5 Å². The lowest BCUT2D eigenvalue weighted by Gasteiger charge is -2.19. The number of rotatable bonds is 6. The number of benzene rings is 1. The number of carbonyl (C=O) groups is 1. The second-order valence-corrected chi connectivity index (χ2v) is 3.88. The molecule has 0 atom stereocenters. The van der Waals surface area contributed by atoms with Crippen molar-refractivity contribution in [3.63, 3.8) is 0 Å². The Morgan fingerprint density at radius 3 is 2.65 bits per heavy atom. The number of primary amides is 1. The van der Waals surface area contributed by atoms with Crippen LogP contribution in [0.2, 0.25) is 0 Å². The first-order valence-electron chi connectivity index (χ1n) is 5.49. The summed E-state index contributed by atoms with van der Waals surface area (Å²) in [6.07, 6.45) is 0. The molecule has 4 N–H and O–H groups in total. The van der Waals surface area contributed by atoms with Crippen LogP contribution in [0.1, 0.15) is 12.5 Å². The van der Waals surface area contributed by atoms with Gasteiger partial charge in [-0.05, 0) is 24.2 Å². The number of nitrogens with zero attached hydrogens (tertiary/aromatic N) is 1. The van der Waals surface area contributed by atoms with Gasteiger partial charge in [0.2, 0.25) is 5.91 Å². The molecule has 0 saturated carbocycles. The standard InChI is InChI=1S/C12H19N3O2/c1-3-15(8-12(14)16)7-9-4-10(13)6-11(5-9)17-2/h4-6H,3,7-8,13H2,1-2H3,(H2,14,16). The molecule has 5 heteroatoms. The summed E-state index contributed by atoms with van der Waals surface area (Å²) in [6.45, 7) is 3.60. The minimum absolute atomic E-state index is 0.244. The molecule has 0 unspecified atom stereocenters. The monoisotopic (exact) mass is 237 g/mol. The molecule has 0 heterocycles.